The molecule has 2 unspecified atom stereocenters. The SMILES string of the molecule is CCC1SCC(C(=O)O)N1C(=O)N1CCN(C)C(=O)C1. The molecule has 2 atom stereocenters. The molecule has 0 aliphatic carbocycles. The zero-order valence-electron chi connectivity index (χ0n) is 11.6. The van der Waals surface area contributed by atoms with Gasteiger partial charge in [0.25, 0.3) is 0 Å². The van der Waals surface area contributed by atoms with Crippen molar-refractivity contribution in [2.24, 2.45) is 0 Å². The number of piperazine rings is 1. The van der Waals surface area contributed by atoms with Crippen LogP contribution in [0.2, 0.25) is 0 Å². The van der Waals surface area contributed by atoms with Crippen molar-refractivity contribution in [1.82, 2.24) is 14.7 Å². The minimum atomic E-state index is -0.984. The second-order valence-corrected chi connectivity index (χ2v) is 6.19. The molecule has 7 nitrogen and oxygen atoms in total. The van der Waals surface area contributed by atoms with E-state index in [1.807, 2.05) is 6.92 Å². The number of carboxylic acid groups (broad SMARTS) is 1. The Labute approximate surface area is 121 Å². The molecule has 2 saturated heterocycles. The van der Waals surface area contributed by atoms with Crippen LogP contribution in [0.5, 0.6) is 0 Å². The molecule has 20 heavy (non-hydrogen) atoms. The van der Waals surface area contributed by atoms with E-state index in [-0.39, 0.29) is 23.9 Å². The summed E-state index contributed by atoms with van der Waals surface area (Å²) >= 11 is 1.48. The van der Waals surface area contributed by atoms with Crippen molar-refractivity contribution in [1.29, 1.82) is 0 Å². The summed E-state index contributed by atoms with van der Waals surface area (Å²) in [6.45, 7) is 2.89. The van der Waals surface area contributed by atoms with Crippen molar-refractivity contribution in [3.8, 4) is 0 Å². The number of urea groups is 1. The molecule has 0 aromatic rings. The molecule has 2 fully saturated rings. The first-order valence-corrected chi connectivity index (χ1v) is 7.66. The highest BCUT2D eigenvalue weighted by Crippen LogP contribution is 2.32. The molecule has 2 heterocycles. The molecule has 0 aromatic carbocycles. The van der Waals surface area contributed by atoms with Gasteiger partial charge in [-0.25, -0.2) is 9.59 Å². The predicted octanol–water partition coefficient (Wildman–Crippen LogP) is 0.119. The minimum Gasteiger partial charge on any atom is -0.480 e. The van der Waals surface area contributed by atoms with Crippen LogP contribution in [0.1, 0.15) is 13.3 Å². The van der Waals surface area contributed by atoms with Crippen LogP contribution < -0.4 is 0 Å². The molecule has 2 aliphatic rings. The van der Waals surface area contributed by atoms with Crippen molar-refractivity contribution < 1.29 is 19.5 Å². The summed E-state index contributed by atoms with van der Waals surface area (Å²) in [5, 5.41) is 9.11. The van der Waals surface area contributed by atoms with E-state index in [2.05, 4.69) is 0 Å². The second kappa shape index (κ2) is 5.90. The Morgan fingerprint density at radius 2 is 2.10 bits per heavy atom. The number of amides is 3. The average molecular weight is 301 g/mol. The van der Waals surface area contributed by atoms with Gasteiger partial charge >= 0.3 is 12.0 Å². The van der Waals surface area contributed by atoms with Gasteiger partial charge < -0.3 is 14.9 Å². The molecular formula is C12H19N3O4S. The van der Waals surface area contributed by atoms with Gasteiger partial charge in [0.2, 0.25) is 5.91 Å². The first kappa shape index (κ1) is 15.0. The lowest BCUT2D eigenvalue weighted by atomic mass is 10.2. The third-order valence-electron chi connectivity index (χ3n) is 3.68. The van der Waals surface area contributed by atoms with Crippen molar-refractivity contribution >= 4 is 29.7 Å². The van der Waals surface area contributed by atoms with Gasteiger partial charge in [0.05, 0.1) is 5.37 Å². The number of thioether (sulfide) groups is 1. The first-order valence-electron chi connectivity index (χ1n) is 6.61. The van der Waals surface area contributed by atoms with E-state index in [0.717, 1.165) is 0 Å². The minimum absolute atomic E-state index is 0.0271. The summed E-state index contributed by atoms with van der Waals surface area (Å²) in [5.74, 6) is -0.694. The molecule has 1 N–H and O–H groups in total. The fraction of sp³-hybridized carbons (Fsp3) is 0.750. The van der Waals surface area contributed by atoms with Gasteiger partial charge in [-0.1, -0.05) is 6.92 Å². The van der Waals surface area contributed by atoms with Crippen molar-refractivity contribution in [3.63, 3.8) is 0 Å². The number of carbonyl (C=O) groups is 3. The number of nitrogens with zero attached hydrogens (tertiary/aromatic N) is 3. The first-order chi connectivity index (χ1) is 9.45. The summed E-state index contributed by atoms with van der Waals surface area (Å²) in [6, 6.07) is -1.14. The van der Waals surface area contributed by atoms with Crippen molar-refractivity contribution in [2.45, 2.75) is 24.8 Å². The third kappa shape index (κ3) is 2.70. The molecule has 0 aromatic heterocycles. The van der Waals surface area contributed by atoms with Gasteiger partial charge in [-0.15, -0.1) is 11.8 Å². The number of carbonyl (C=O) groups excluding carboxylic acids is 2. The number of carboxylic acids is 1. The number of hydrogen-bond donors (Lipinski definition) is 1. The third-order valence-corrected chi connectivity index (χ3v) is 5.13. The maximum absolute atomic E-state index is 12.5. The van der Waals surface area contributed by atoms with Crippen molar-refractivity contribution in [3.05, 3.63) is 0 Å². The van der Waals surface area contributed by atoms with Crippen LogP contribution in [0, 0.1) is 0 Å². The van der Waals surface area contributed by atoms with Crippen LogP contribution in [0.15, 0.2) is 0 Å². The van der Waals surface area contributed by atoms with Gasteiger partial charge in [0.15, 0.2) is 0 Å². The Kier molecular flexibility index (Phi) is 4.42. The molecule has 2 aliphatic heterocycles. The van der Waals surface area contributed by atoms with Crippen LogP contribution in [-0.2, 0) is 9.59 Å². The van der Waals surface area contributed by atoms with E-state index < -0.39 is 12.0 Å². The van der Waals surface area contributed by atoms with Gasteiger partial charge in [0.1, 0.15) is 12.6 Å². The average Bonchev–Trinajstić information content (AvgIpc) is 2.85. The zero-order chi connectivity index (χ0) is 14.9. The van der Waals surface area contributed by atoms with Crippen LogP contribution in [0.4, 0.5) is 4.79 Å². The van der Waals surface area contributed by atoms with Crippen LogP contribution in [0.3, 0.4) is 0 Å². The largest absolute Gasteiger partial charge is 0.480 e. The van der Waals surface area contributed by atoms with E-state index >= 15 is 0 Å². The number of likely N-dealkylation sites (N-methyl/N-ethyl adjacent to an activating group) is 1. The molecule has 3 amide bonds. The number of rotatable bonds is 2. The highest BCUT2D eigenvalue weighted by atomic mass is 32.2. The lowest BCUT2D eigenvalue weighted by Gasteiger charge is -2.37. The number of hydrogen-bond acceptors (Lipinski definition) is 4. The lowest BCUT2D eigenvalue weighted by Crippen LogP contribution is -2.57. The quantitative estimate of drug-likeness (QED) is 0.783. The Morgan fingerprint density at radius 3 is 2.65 bits per heavy atom. The highest BCUT2D eigenvalue weighted by molar-refractivity contribution is 8.00. The van der Waals surface area contributed by atoms with E-state index in [1.54, 1.807) is 11.9 Å². The fourth-order valence-electron chi connectivity index (χ4n) is 2.41. The summed E-state index contributed by atoms with van der Waals surface area (Å²) in [4.78, 5) is 40.0. The van der Waals surface area contributed by atoms with Gasteiger partial charge in [-0.3, -0.25) is 9.69 Å². The van der Waals surface area contributed by atoms with Gasteiger partial charge in [-0.05, 0) is 6.42 Å². The standard InChI is InChI=1S/C12H19N3O4S/c1-3-10-15(8(7-20-10)11(17)18)12(19)14-5-4-13(2)9(16)6-14/h8,10H,3-7H2,1-2H3,(H,17,18). The molecule has 0 spiro atoms. The highest BCUT2D eigenvalue weighted by Gasteiger charge is 2.43. The molecule has 8 heteroatoms. The summed E-state index contributed by atoms with van der Waals surface area (Å²) < 4.78 is 0. The summed E-state index contributed by atoms with van der Waals surface area (Å²) in [7, 11) is 1.70. The Hall–Kier alpha value is -1.44. The van der Waals surface area contributed by atoms with E-state index in [0.29, 0.717) is 25.3 Å². The number of aliphatic carboxylic acids is 1. The Morgan fingerprint density at radius 1 is 1.40 bits per heavy atom. The van der Waals surface area contributed by atoms with Crippen LogP contribution >= 0.6 is 11.8 Å². The topological polar surface area (TPSA) is 81.2 Å². The molecule has 112 valence electrons. The van der Waals surface area contributed by atoms with Gasteiger partial charge in [-0.2, -0.15) is 0 Å². The normalized spacial score (nSPS) is 27.1. The monoisotopic (exact) mass is 301 g/mol. The molecular weight excluding hydrogens is 282 g/mol. The smallest absolute Gasteiger partial charge is 0.327 e. The van der Waals surface area contributed by atoms with Crippen LogP contribution in [-0.4, -0.2) is 81.6 Å². The maximum atomic E-state index is 12.5. The Balaban J connectivity index is 2.13. The molecule has 0 bridgehead atoms. The van der Waals surface area contributed by atoms with Crippen LogP contribution in [0.25, 0.3) is 0 Å². The summed E-state index contributed by atoms with van der Waals surface area (Å²) in [6.07, 6.45) is 0.696. The fourth-order valence-corrected chi connectivity index (χ4v) is 3.75. The second-order valence-electron chi connectivity index (χ2n) is 4.98. The lowest BCUT2D eigenvalue weighted by molar-refractivity contribution is -0.141. The maximum Gasteiger partial charge on any atom is 0.327 e. The molecule has 2 rings (SSSR count). The van der Waals surface area contributed by atoms with E-state index in [1.165, 1.54) is 21.6 Å². The Bertz CT molecular complexity index is 431. The zero-order valence-corrected chi connectivity index (χ0v) is 12.4. The predicted molar refractivity (Wildman–Crippen MR) is 74.4 cm³/mol. The summed E-state index contributed by atoms with van der Waals surface area (Å²) in [5.41, 5.74) is 0. The molecule has 0 radical (unpaired) electrons. The van der Waals surface area contributed by atoms with E-state index in [4.69, 9.17) is 0 Å². The molecule has 0 saturated carbocycles. The van der Waals surface area contributed by atoms with Gasteiger partial charge in [0, 0.05) is 25.9 Å². The van der Waals surface area contributed by atoms with E-state index in [9.17, 15) is 19.5 Å². The van der Waals surface area contributed by atoms with Crippen molar-refractivity contribution in [2.75, 3.05) is 32.4 Å².